The van der Waals surface area contributed by atoms with Crippen LogP contribution in [0.3, 0.4) is 0 Å². The van der Waals surface area contributed by atoms with Crippen LogP contribution < -0.4 is 9.05 Å². The lowest BCUT2D eigenvalue weighted by molar-refractivity contribution is -0.0201. The molecule has 0 saturated heterocycles. The van der Waals surface area contributed by atoms with Crippen LogP contribution in [0.2, 0.25) is 0 Å². The lowest BCUT2D eigenvalue weighted by Gasteiger charge is -2.30. The smallest absolute Gasteiger partial charge is 0.395 e. The van der Waals surface area contributed by atoms with E-state index in [1.54, 1.807) is 55.6 Å². The first-order chi connectivity index (χ1) is 11.8. The van der Waals surface area contributed by atoms with Crippen LogP contribution in [-0.2, 0) is 13.8 Å². The summed E-state index contributed by atoms with van der Waals surface area (Å²) in [7, 11) is -2.28. The van der Waals surface area contributed by atoms with Gasteiger partial charge in [0.2, 0.25) is 0 Å². The largest absolute Gasteiger partial charge is 0.587 e. The van der Waals surface area contributed by atoms with Gasteiger partial charge in [-0.05, 0) is 29.7 Å². The van der Waals surface area contributed by atoms with E-state index in [9.17, 15) is 4.57 Å². The van der Waals surface area contributed by atoms with Gasteiger partial charge in [0.25, 0.3) is 0 Å². The minimum atomic E-state index is -3.88. The third-order valence-corrected chi connectivity index (χ3v) is 4.89. The van der Waals surface area contributed by atoms with E-state index in [0.29, 0.717) is 11.5 Å². The third-order valence-electron chi connectivity index (χ3n) is 3.56. The van der Waals surface area contributed by atoms with Gasteiger partial charge in [-0.15, -0.1) is 0 Å². The molecule has 0 bridgehead atoms. The van der Waals surface area contributed by atoms with Crippen molar-refractivity contribution < 1.29 is 22.9 Å². The van der Waals surface area contributed by atoms with Crippen LogP contribution in [0.25, 0.3) is 0 Å². The lowest BCUT2D eigenvalue weighted by Crippen LogP contribution is -2.32. The summed E-state index contributed by atoms with van der Waals surface area (Å²) in [5.41, 5.74) is -0.181. The number of benzene rings is 2. The molecule has 2 aromatic rings. The number of ether oxygens (including phenoxy) is 1. The van der Waals surface area contributed by atoms with Gasteiger partial charge in [-0.1, -0.05) is 57.2 Å². The quantitative estimate of drug-likeness (QED) is 0.593. The van der Waals surface area contributed by atoms with Crippen molar-refractivity contribution in [3.63, 3.8) is 0 Å². The van der Waals surface area contributed by atoms with Gasteiger partial charge in [0, 0.05) is 7.11 Å². The van der Waals surface area contributed by atoms with Crippen LogP contribution >= 0.6 is 7.82 Å². The lowest BCUT2D eigenvalue weighted by atomic mass is 9.90. The molecular weight excluding hydrogens is 339 g/mol. The van der Waals surface area contributed by atoms with Crippen LogP contribution in [0.15, 0.2) is 60.7 Å². The summed E-state index contributed by atoms with van der Waals surface area (Å²) < 4.78 is 35.4. The summed E-state index contributed by atoms with van der Waals surface area (Å²) in [5.74, 6) is 0.818. The maximum atomic E-state index is 13.2. The van der Waals surface area contributed by atoms with Crippen molar-refractivity contribution in [2.45, 2.75) is 26.9 Å². The molecule has 2 aromatic carbocycles. The number of hydrogen-bond acceptors (Lipinski definition) is 5. The highest BCUT2D eigenvalue weighted by molar-refractivity contribution is 7.49. The second kappa shape index (κ2) is 8.52. The predicted molar refractivity (Wildman–Crippen MR) is 98.0 cm³/mol. The third kappa shape index (κ3) is 6.20. The zero-order valence-electron chi connectivity index (χ0n) is 15.0. The number of phosphoric acid groups is 1. The van der Waals surface area contributed by atoms with Crippen LogP contribution in [0.4, 0.5) is 0 Å². The Kier molecular flexibility index (Phi) is 6.65. The fraction of sp³-hybridized carbons (Fsp3) is 0.368. The molecule has 1 atom stereocenters. The van der Waals surface area contributed by atoms with Crippen molar-refractivity contribution in [1.29, 1.82) is 0 Å². The molecule has 0 spiro atoms. The van der Waals surface area contributed by atoms with E-state index in [4.69, 9.17) is 18.3 Å². The standard InChI is InChI=1S/C19H25O5P/c1-19(2,3)18(21-4)15-22-25(20,23-16-11-7-5-8-12-16)24-17-13-9-6-10-14-17/h5-14,18H,15H2,1-4H3. The Morgan fingerprint density at radius 1 is 0.880 bits per heavy atom. The van der Waals surface area contributed by atoms with Crippen LogP contribution in [0, 0.1) is 5.41 Å². The average molecular weight is 364 g/mol. The van der Waals surface area contributed by atoms with E-state index in [1.807, 2.05) is 32.9 Å². The number of phosphoric ester groups is 1. The fourth-order valence-electron chi connectivity index (χ4n) is 2.12. The summed E-state index contributed by atoms with van der Waals surface area (Å²) in [6.45, 7) is 6.14. The summed E-state index contributed by atoms with van der Waals surface area (Å²) in [6.07, 6.45) is -0.264. The summed E-state index contributed by atoms with van der Waals surface area (Å²) in [4.78, 5) is 0. The number of methoxy groups -OCH3 is 1. The molecule has 0 heterocycles. The van der Waals surface area contributed by atoms with Gasteiger partial charge in [-0.25, -0.2) is 4.57 Å². The second-order valence-electron chi connectivity index (χ2n) is 6.64. The molecular formula is C19H25O5P. The fourth-order valence-corrected chi connectivity index (χ4v) is 3.34. The van der Waals surface area contributed by atoms with E-state index in [2.05, 4.69) is 0 Å². The molecule has 2 rings (SSSR count). The molecule has 0 radical (unpaired) electrons. The zero-order valence-corrected chi connectivity index (χ0v) is 15.9. The second-order valence-corrected chi connectivity index (χ2v) is 8.16. The Morgan fingerprint density at radius 2 is 1.32 bits per heavy atom. The molecule has 0 aliphatic rings. The van der Waals surface area contributed by atoms with Gasteiger partial charge >= 0.3 is 7.82 Å². The van der Waals surface area contributed by atoms with Crippen LogP contribution in [0.1, 0.15) is 20.8 Å². The summed E-state index contributed by atoms with van der Waals surface area (Å²) >= 11 is 0. The Hall–Kier alpha value is -1.81. The molecule has 1 unspecified atom stereocenters. The number of rotatable bonds is 8. The van der Waals surface area contributed by atoms with E-state index >= 15 is 0 Å². The normalized spacial score (nSPS) is 13.3. The molecule has 0 aromatic heterocycles. The summed E-state index contributed by atoms with van der Waals surface area (Å²) in [6, 6.07) is 17.6. The first-order valence-electron chi connectivity index (χ1n) is 8.09. The monoisotopic (exact) mass is 364 g/mol. The Labute approximate surface area is 149 Å². The van der Waals surface area contributed by atoms with E-state index < -0.39 is 7.82 Å². The van der Waals surface area contributed by atoms with Crippen LogP contribution in [0.5, 0.6) is 11.5 Å². The molecule has 5 nitrogen and oxygen atoms in total. The topological polar surface area (TPSA) is 54.0 Å². The Balaban J connectivity index is 2.18. The molecule has 0 aliphatic carbocycles. The molecule has 0 amide bonds. The summed E-state index contributed by atoms with van der Waals surface area (Å²) in [5, 5.41) is 0. The van der Waals surface area contributed by atoms with Gasteiger partial charge in [0.1, 0.15) is 11.5 Å². The van der Waals surface area contributed by atoms with E-state index in [0.717, 1.165) is 0 Å². The SMILES string of the molecule is COC(COP(=O)(Oc1ccccc1)Oc1ccccc1)C(C)(C)C. The van der Waals surface area contributed by atoms with Gasteiger partial charge in [0.05, 0.1) is 12.7 Å². The van der Waals surface area contributed by atoms with Crippen molar-refractivity contribution in [2.75, 3.05) is 13.7 Å². The first kappa shape index (κ1) is 19.5. The first-order valence-corrected chi connectivity index (χ1v) is 9.55. The minimum absolute atomic E-state index is 0.0803. The van der Waals surface area contributed by atoms with Crippen molar-refractivity contribution in [2.24, 2.45) is 5.41 Å². The molecule has 0 aliphatic heterocycles. The minimum Gasteiger partial charge on any atom is -0.395 e. The van der Waals surface area contributed by atoms with E-state index in [-0.39, 0.29) is 18.1 Å². The predicted octanol–water partition coefficient (Wildman–Crippen LogP) is 5.33. The molecule has 0 saturated carbocycles. The highest BCUT2D eigenvalue weighted by Gasteiger charge is 2.35. The zero-order chi connectivity index (χ0) is 18.3. The van der Waals surface area contributed by atoms with Crippen molar-refractivity contribution in [3.05, 3.63) is 60.7 Å². The van der Waals surface area contributed by atoms with Crippen molar-refractivity contribution in [1.82, 2.24) is 0 Å². The van der Waals surface area contributed by atoms with E-state index in [1.165, 1.54) is 0 Å². The highest BCUT2D eigenvalue weighted by Crippen LogP contribution is 2.50. The van der Waals surface area contributed by atoms with Gasteiger partial charge in [0.15, 0.2) is 0 Å². The Morgan fingerprint density at radius 3 is 1.68 bits per heavy atom. The molecule has 136 valence electrons. The number of para-hydroxylation sites is 2. The molecule has 6 heteroatoms. The van der Waals surface area contributed by atoms with Gasteiger partial charge < -0.3 is 13.8 Å². The maximum Gasteiger partial charge on any atom is 0.587 e. The van der Waals surface area contributed by atoms with Gasteiger partial charge in [-0.2, -0.15) is 0 Å². The van der Waals surface area contributed by atoms with Gasteiger partial charge in [-0.3, -0.25) is 4.52 Å². The highest BCUT2D eigenvalue weighted by atomic mass is 31.2. The molecule has 25 heavy (non-hydrogen) atoms. The molecule has 0 fully saturated rings. The van der Waals surface area contributed by atoms with Crippen molar-refractivity contribution >= 4 is 7.82 Å². The average Bonchev–Trinajstić information content (AvgIpc) is 2.56. The molecule has 0 N–H and O–H groups in total. The number of hydrogen-bond donors (Lipinski definition) is 0. The maximum absolute atomic E-state index is 13.2. The van der Waals surface area contributed by atoms with Crippen molar-refractivity contribution in [3.8, 4) is 11.5 Å². The Bertz CT molecular complexity index is 636. The van der Waals surface area contributed by atoms with Crippen LogP contribution in [-0.4, -0.2) is 19.8 Å².